The van der Waals surface area contributed by atoms with Crippen LogP contribution in [0.25, 0.3) is 0 Å². The number of ether oxygens (including phenoxy) is 2. The molecule has 0 radical (unpaired) electrons. The van der Waals surface area contributed by atoms with E-state index in [2.05, 4.69) is 6.92 Å². The smallest absolute Gasteiger partial charge is 0.225 e. The van der Waals surface area contributed by atoms with Crippen molar-refractivity contribution in [2.45, 2.75) is 45.3 Å². The van der Waals surface area contributed by atoms with Crippen molar-refractivity contribution in [2.24, 2.45) is 5.92 Å². The zero-order valence-corrected chi connectivity index (χ0v) is 13.9. The van der Waals surface area contributed by atoms with Gasteiger partial charge in [-0.3, -0.25) is 4.79 Å². The van der Waals surface area contributed by atoms with Gasteiger partial charge in [0, 0.05) is 26.1 Å². The van der Waals surface area contributed by atoms with Gasteiger partial charge in [0.2, 0.25) is 5.91 Å². The summed E-state index contributed by atoms with van der Waals surface area (Å²) in [6.07, 6.45) is 4.09. The van der Waals surface area contributed by atoms with Crippen LogP contribution in [-0.2, 0) is 16.1 Å². The Labute approximate surface area is 133 Å². The number of rotatable bonds is 6. The Morgan fingerprint density at radius 3 is 3.00 bits per heavy atom. The number of carbonyl (C=O) groups is 1. The summed E-state index contributed by atoms with van der Waals surface area (Å²) in [5, 5.41) is 0. The Balaban J connectivity index is 1.93. The second-order valence-electron chi connectivity index (χ2n) is 6.05. The van der Waals surface area contributed by atoms with Crippen molar-refractivity contribution in [3.8, 4) is 5.75 Å². The Hall–Kier alpha value is -1.55. The van der Waals surface area contributed by atoms with Crippen molar-refractivity contribution in [1.29, 1.82) is 0 Å². The second-order valence-corrected chi connectivity index (χ2v) is 6.05. The molecule has 1 heterocycles. The minimum Gasteiger partial charge on any atom is -0.497 e. The summed E-state index contributed by atoms with van der Waals surface area (Å²) in [6, 6.07) is 7.88. The predicted octanol–water partition coefficient (Wildman–Crippen LogP) is 3.25. The van der Waals surface area contributed by atoms with Crippen molar-refractivity contribution in [3.63, 3.8) is 0 Å². The lowest BCUT2D eigenvalue weighted by molar-refractivity contribution is -0.140. The fourth-order valence-electron chi connectivity index (χ4n) is 3.06. The van der Waals surface area contributed by atoms with Gasteiger partial charge in [-0.25, -0.2) is 0 Å². The molecule has 1 aliphatic rings. The van der Waals surface area contributed by atoms with Gasteiger partial charge < -0.3 is 14.4 Å². The summed E-state index contributed by atoms with van der Waals surface area (Å²) >= 11 is 0. The van der Waals surface area contributed by atoms with Crippen LogP contribution < -0.4 is 4.74 Å². The van der Waals surface area contributed by atoms with Crippen molar-refractivity contribution in [3.05, 3.63) is 29.8 Å². The molecule has 0 aromatic heterocycles. The van der Waals surface area contributed by atoms with Crippen LogP contribution in [0.2, 0.25) is 0 Å². The van der Waals surface area contributed by atoms with Gasteiger partial charge >= 0.3 is 0 Å². The fraction of sp³-hybridized carbons (Fsp3) is 0.611. The monoisotopic (exact) mass is 305 g/mol. The molecule has 1 amide bonds. The number of carbonyl (C=O) groups excluding carboxylic acids is 1. The lowest BCUT2D eigenvalue weighted by Crippen LogP contribution is -2.38. The summed E-state index contributed by atoms with van der Waals surface area (Å²) in [5.74, 6) is 1.15. The molecule has 1 fully saturated rings. The molecule has 1 aliphatic heterocycles. The van der Waals surface area contributed by atoms with E-state index >= 15 is 0 Å². The number of hydrogen-bond donors (Lipinski definition) is 0. The Morgan fingerprint density at radius 2 is 2.27 bits per heavy atom. The van der Waals surface area contributed by atoms with Crippen molar-refractivity contribution < 1.29 is 14.3 Å². The quantitative estimate of drug-likeness (QED) is 0.810. The summed E-state index contributed by atoms with van der Waals surface area (Å²) in [6.45, 7) is 3.48. The fourth-order valence-corrected chi connectivity index (χ4v) is 3.06. The number of hydrogen-bond acceptors (Lipinski definition) is 3. The van der Waals surface area contributed by atoms with E-state index < -0.39 is 0 Å². The summed E-state index contributed by atoms with van der Waals surface area (Å²) in [4.78, 5) is 14.5. The maximum absolute atomic E-state index is 12.6. The highest BCUT2D eigenvalue weighted by molar-refractivity contribution is 5.78. The standard InChI is InChI=1S/C18H27NO3/c1-4-6-17-12-15(9-10-22-17)18(20)19(2)13-14-7-5-8-16(11-14)21-3/h5,7-8,11,15,17H,4,6,9-10,12-13H2,1-3H3/t15-,17-/m0/s1. The Bertz CT molecular complexity index is 487. The third-order valence-electron chi connectivity index (χ3n) is 4.26. The molecule has 122 valence electrons. The zero-order valence-electron chi connectivity index (χ0n) is 13.9. The number of amides is 1. The van der Waals surface area contributed by atoms with Gasteiger partial charge in [-0.1, -0.05) is 25.5 Å². The molecular formula is C18H27NO3. The van der Waals surface area contributed by atoms with E-state index in [1.165, 1.54) is 0 Å². The molecule has 4 nitrogen and oxygen atoms in total. The van der Waals surface area contributed by atoms with Crippen molar-refractivity contribution in [2.75, 3.05) is 20.8 Å². The molecule has 0 spiro atoms. The first kappa shape index (κ1) is 16.8. The van der Waals surface area contributed by atoms with Crippen LogP contribution in [0.5, 0.6) is 5.75 Å². The summed E-state index contributed by atoms with van der Waals surface area (Å²) in [5.41, 5.74) is 1.09. The highest BCUT2D eigenvalue weighted by Gasteiger charge is 2.29. The van der Waals surface area contributed by atoms with Crippen LogP contribution in [0.4, 0.5) is 0 Å². The third-order valence-corrected chi connectivity index (χ3v) is 4.26. The normalized spacial score (nSPS) is 21.4. The highest BCUT2D eigenvalue weighted by atomic mass is 16.5. The molecule has 0 saturated carbocycles. The largest absolute Gasteiger partial charge is 0.497 e. The molecule has 22 heavy (non-hydrogen) atoms. The van der Waals surface area contributed by atoms with Crippen LogP contribution >= 0.6 is 0 Å². The summed E-state index contributed by atoms with van der Waals surface area (Å²) in [7, 11) is 3.54. The van der Waals surface area contributed by atoms with E-state index in [1.807, 2.05) is 36.2 Å². The first-order valence-electron chi connectivity index (χ1n) is 8.13. The Kier molecular flexibility index (Phi) is 6.25. The maximum atomic E-state index is 12.6. The molecule has 0 unspecified atom stereocenters. The van der Waals surface area contributed by atoms with Gasteiger partial charge in [-0.15, -0.1) is 0 Å². The van der Waals surface area contributed by atoms with E-state index in [4.69, 9.17) is 9.47 Å². The average Bonchev–Trinajstić information content (AvgIpc) is 2.55. The topological polar surface area (TPSA) is 38.8 Å². The number of methoxy groups -OCH3 is 1. The highest BCUT2D eigenvalue weighted by Crippen LogP contribution is 2.25. The third kappa shape index (κ3) is 4.47. The molecule has 4 heteroatoms. The SMILES string of the molecule is CCC[C@H]1C[C@@H](C(=O)N(C)Cc2cccc(OC)c2)CCO1. The van der Waals surface area contributed by atoms with Crippen LogP contribution in [-0.4, -0.2) is 37.7 Å². The van der Waals surface area contributed by atoms with Gasteiger partial charge in [-0.05, 0) is 37.0 Å². The molecule has 1 aromatic carbocycles. The van der Waals surface area contributed by atoms with Crippen molar-refractivity contribution in [1.82, 2.24) is 4.90 Å². The van der Waals surface area contributed by atoms with Gasteiger partial charge in [-0.2, -0.15) is 0 Å². The molecule has 0 N–H and O–H groups in total. The first-order chi connectivity index (χ1) is 10.6. The van der Waals surface area contributed by atoms with Gasteiger partial charge in [0.1, 0.15) is 5.75 Å². The maximum Gasteiger partial charge on any atom is 0.225 e. The minimum atomic E-state index is 0.0981. The molecule has 0 aliphatic carbocycles. The van der Waals surface area contributed by atoms with Gasteiger partial charge in [0.25, 0.3) is 0 Å². The molecule has 1 saturated heterocycles. The molecular weight excluding hydrogens is 278 g/mol. The number of nitrogens with zero attached hydrogens (tertiary/aromatic N) is 1. The zero-order chi connectivity index (χ0) is 15.9. The van der Waals surface area contributed by atoms with Crippen molar-refractivity contribution >= 4 is 5.91 Å². The molecule has 1 aromatic rings. The van der Waals surface area contributed by atoms with Crippen LogP contribution in [0.15, 0.2) is 24.3 Å². The first-order valence-corrected chi connectivity index (χ1v) is 8.13. The van der Waals surface area contributed by atoms with Crippen LogP contribution in [0, 0.1) is 5.92 Å². The summed E-state index contributed by atoms with van der Waals surface area (Å²) < 4.78 is 11.0. The van der Waals surface area contributed by atoms with Crippen LogP contribution in [0.3, 0.4) is 0 Å². The molecule has 0 bridgehead atoms. The van der Waals surface area contributed by atoms with E-state index in [-0.39, 0.29) is 17.9 Å². The Morgan fingerprint density at radius 1 is 1.45 bits per heavy atom. The van der Waals surface area contributed by atoms with Crippen LogP contribution in [0.1, 0.15) is 38.2 Å². The van der Waals surface area contributed by atoms with Gasteiger partial charge in [0.05, 0.1) is 13.2 Å². The lowest BCUT2D eigenvalue weighted by Gasteiger charge is -2.31. The molecule has 2 rings (SSSR count). The number of benzene rings is 1. The molecule has 2 atom stereocenters. The van der Waals surface area contributed by atoms with E-state index in [0.717, 1.165) is 37.0 Å². The van der Waals surface area contributed by atoms with E-state index in [1.54, 1.807) is 7.11 Å². The second kappa shape index (κ2) is 8.18. The predicted molar refractivity (Wildman–Crippen MR) is 86.8 cm³/mol. The average molecular weight is 305 g/mol. The van der Waals surface area contributed by atoms with E-state index in [9.17, 15) is 4.79 Å². The lowest BCUT2D eigenvalue weighted by atomic mass is 9.92. The van der Waals surface area contributed by atoms with E-state index in [0.29, 0.717) is 13.2 Å². The van der Waals surface area contributed by atoms with Gasteiger partial charge in [0.15, 0.2) is 0 Å². The minimum absolute atomic E-state index is 0.0981.